The molecule has 0 saturated heterocycles. The third-order valence-corrected chi connectivity index (χ3v) is 5.80. The Kier molecular flexibility index (Phi) is 21.1. The second kappa shape index (κ2) is 21.1. The molecule has 0 atom stereocenters. The largest absolute Gasteiger partial charge is 0.251 e. The molecule has 0 bridgehead atoms. The van der Waals surface area contributed by atoms with Gasteiger partial charge in [-0.25, -0.2) is 0 Å². The minimum atomic E-state index is 1.19. The Hall–Kier alpha value is 0.0500. The van der Waals surface area contributed by atoms with Crippen LogP contribution in [0.5, 0.6) is 0 Å². The first-order valence-corrected chi connectivity index (χ1v) is 11.8. The van der Waals surface area contributed by atoms with Gasteiger partial charge in [-0.1, -0.05) is 96.1 Å². The number of unbranched alkanes of at least 4 members (excludes halogenated alkanes) is 12. The first-order chi connectivity index (χ1) is 11.8. The second-order valence-electron chi connectivity index (χ2n) is 7.08. The highest BCUT2D eigenvalue weighted by Gasteiger charge is 2.05. The number of rotatable bonds is 20. The van der Waals surface area contributed by atoms with E-state index in [0.29, 0.717) is 0 Å². The van der Waals surface area contributed by atoms with Gasteiger partial charge in [-0.3, -0.25) is 4.31 Å². The van der Waals surface area contributed by atoms with Gasteiger partial charge < -0.3 is 0 Å². The van der Waals surface area contributed by atoms with Gasteiger partial charge in [-0.05, 0) is 32.1 Å². The smallest absolute Gasteiger partial charge is 0.00893 e. The van der Waals surface area contributed by atoms with E-state index in [4.69, 9.17) is 0 Å². The average Bonchev–Trinajstić information content (AvgIpc) is 2.60. The molecule has 0 amide bonds. The summed E-state index contributed by atoms with van der Waals surface area (Å²) in [4.78, 5) is 0. The Balaban J connectivity index is 3.72. The van der Waals surface area contributed by atoms with Crippen molar-refractivity contribution in [1.29, 1.82) is 0 Å². The number of hydrogen-bond acceptors (Lipinski definition) is 2. The van der Waals surface area contributed by atoms with Crippen molar-refractivity contribution >= 4 is 11.9 Å². The third kappa shape index (κ3) is 18.4. The minimum absolute atomic E-state index is 1.19. The van der Waals surface area contributed by atoms with Crippen LogP contribution in [-0.2, 0) is 0 Å². The van der Waals surface area contributed by atoms with Gasteiger partial charge in [0, 0.05) is 18.8 Å². The number of nitrogens with zero attached hydrogens (tertiary/aromatic N) is 1. The van der Waals surface area contributed by atoms with E-state index in [-0.39, 0.29) is 0 Å². The van der Waals surface area contributed by atoms with E-state index in [2.05, 4.69) is 36.7 Å². The molecule has 1 nitrogen and oxygen atoms in total. The zero-order valence-electron chi connectivity index (χ0n) is 16.9. The van der Waals surface area contributed by atoms with Crippen LogP contribution in [0.2, 0.25) is 0 Å². The molecule has 0 fully saturated rings. The van der Waals surface area contributed by atoms with Crippen molar-refractivity contribution in [3.63, 3.8) is 0 Å². The maximum atomic E-state index is 3.80. The molecule has 0 N–H and O–H groups in total. The van der Waals surface area contributed by atoms with Crippen molar-refractivity contribution in [3.8, 4) is 0 Å². The van der Waals surface area contributed by atoms with Gasteiger partial charge in [0.2, 0.25) is 0 Å². The van der Waals surface area contributed by atoms with Crippen LogP contribution in [0.25, 0.3) is 0 Å². The summed E-state index contributed by atoms with van der Waals surface area (Å²) in [6, 6.07) is 0. The Morgan fingerprint density at radius 2 is 1.17 bits per heavy atom. The molecule has 0 heterocycles. The second-order valence-corrected chi connectivity index (χ2v) is 8.27. The summed E-state index contributed by atoms with van der Waals surface area (Å²) < 4.78 is 2.68. The van der Waals surface area contributed by atoms with Crippen LogP contribution in [0.15, 0.2) is 12.7 Å². The lowest BCUT2D eigenvalue weighted by Gasteiger charge is -2.21. The molecule has 0 spiro atoms. The Morgan fingerprint density at radius 1 is 0.667 bits per heavy atom. The highest BCUT2D eigenvalue weighted by molar-refractivity contribution is 7.97. The maximum Gasteiger partial charge on any atom is 0.00893 e. The normalized spacial score (nSPS) is 11.3. The molecule has 0 aromatic rings. The van der Waals surface area contributed by atoms with E-state index in [0.717, 1.165) is 0 Å². The summed E-state index contributed by atoms with van der Waals surface area (Å²) in [5.74, 6) is 1.32. The lowest BCUT2D eigenvalue weighted by atomic mass is 10.1. The molecule has 24 heavy (non-hydrogen) atoms. The molecule has 0 saturated carbocycles. The topological polar surface area (TPSA) is 3.24 Å². The van der Waals surface area contributed by atoms with E-state index in [1.165, 1.54) is 115 Å². The van der Waals surface area contributed by atoms with Gasteiger partial charge >= 0.3 is 0 Å². The summed E-state index contributed by atoms with van der Waals surface area (Å²) in [7, 11) is 0. The SMILES string of the molecule is C=CCCCCCCSN(CCCCCC)CCCCCCCC. The van der Waals surface area contributed by atoms with Gasteiger partial charge in [0.25, 0.3) is 0 Å². The fourth-order valence-electron chi connectivity index (χ4n) is 2.96. The average molecular weight is 356 g/mol. The van der Waals surface area contributed by atoms with Gasteiger partial charge in [-0.15, -0.1) is 6.58 Å². The zero-order chi connectivity index (χ0) is 17.7. The van der Waals surface area contributed by atoms with E-state index in [1.54, 1.807) is 0 Å². The fraction of sp³-hybridized carbons (Fsp3) is 0.909. The van der Waals surface area contributed by atoms with Gasteiger partial charge in [0.15, 0.2) is 0 Å². The molecule has 0 aliphatic rings. The first kappa shape index (κ1) is 24.1. The Bertz CT molecular complexity index is 242. The van der Waals surface area contributed by atoms with E-state index in [9.17, 15) is 0 Å². The molecule has 0 rings (SSSR count). The highest BCUT2D eigenvalue weighted by atomic mass is 32.2. The van der Waals surface area contributed by atoms with Crippen LogP contribution in [0, 0.1) is 0 Å². The van der Waals surface area contributed by atoms with Crippen molar-refractivity contribution in [2.75, 3.05) is 18.8 Å². The predicted octanol–water partition coefficient (Wildman–Crippen LogP) is 8.01. The molecule has 0 aliphatic carbocycles. The van der Waals surface area contributed by atoms with Gasteiger partial charge in [0.05, 0.1) is 0 Å². The highest BCUT2D eigenvalue weighted by Crippen LogP contribution is 2.17. The minimum Gasteiger partial charge on any atom is -0.251 e. The molecule has 2 heteroatoms. The van der Waals surface area contributed by atoms with Crippen molar-refractivity contribution in [2.45, 2.75) is 110 Å². The summed E-state index contributed by atoms with van der Waals surface area (Å²) in [5.41, 5.74) is 0. The molecule has 0 aromatic carbocycles. The van der Waals surface area contributed by atoms with Crippen LogP contribution >= 0.6 is 11.9 Å². The van der Waals surface area contributed by atoms with Crippen LogP contribution in [0.3, 0.4) is 0 Å². The number of allylic oxidation sites excluding steroid dienone is 1. The first-order valence-electron chi connectivity index (χ1n) is 10.8. The molecule has 0 aliphatic heterocycles. The van der Waals surface area contributed by atoms with Crippen molar-refractivity contribution in [2.24, 2.45) is 0 Å². The summed E-state index contributed by atoms with van der Waals surface area (Å²) in [6.45, 7) is 11.0. The number of hydrogen-bond donors (Lipinski definition) is 0. The molecule has 0 aromatic heterocycles. The lowest BCUT2D eigenvalue weighted by Crippen LogP contribution is -2.19. The molecular weight excluding hydrogens is 310 g/mol. The van der Waals surface area contributed by atoms with Gasteiger partial charge in [0.1, 0.15) is 0 Å². The molecule has 144 valence electrons. The van der Waals surface area contributed by atoms with Crippen molar-refractivity contribution in [1.82, 2.24) is 4.31 Å². The van der Waals surface area contributed by atoms with E-state index >= 15 is 0 Å². The zero-order valence-corrected chi connectivity index (χ0v) is 17.7. The Morgan fingerprint density at radius 3 is 1.79 bits per heavy atom. The van der Waals surface area contributed by atoms with Crippen LogP contribution in [0.4, 0.5) is 0 Å². The van der Waals surface area contributed by atoms with Crippen molar-refractivity contribution in [3.05, 3.63) is 12.7 Å². The lowest BCUT2D eigenvalue weighted by molar-refractivity contribution is 0.426. The maximum absolute atomic E-state index is 3.80. The van der Waals surface area contributed by atoms with Crippen LogP contribution in [0.1, 0.15) is 110 Å². The summed E-state index contributed by atoms with van der Waals surface area (Å²) in [5, 5.41) is 0. The van der Waals surface area contributed by atoms with E-state index in [1.807, 2.05) is 6.08 Å². The standard InChI is InChI=1S/C22H45NS/c1-4-7-10-13-15-18-21-23(20-17-12-9-6-3)24-22-19-16-14-11-8-5-2/h5H,2,4,6-22H2,1,3H3. The quantitative estimate of drug-likeness (QED) is 0.123. The molecule has 0 unspecified atom stereocenters. The third-order valence-electron chi connectivity index (χ3n) is 4.60. The van der Waals surface area contributed by atoms with Crippen molar-refractivity contribution < 1.29 is 0 Å². The molecular formula is C22H45NS. The van der Waals surface area contributed by atoms with E-state index < -0.39 is 0 Å². The predicted molar refractivity (Wildman–Crippen MR) is 115 cm³/mol. The fourth-order valence-corrected chi connectivity index (χ4v) is 4.07. The monoisotopic (exact) mass is 355 g/mol. The van der Waals surface area contributed by atoms with Crippen LogP contribution in [-0.4, -0.2) is 23.1 Å². The summed E-state index contributed by atoms with van der Waals surface area (Å²) in [6.07, 6.45) is 22.7. The summed E-state index contributed by atoms with van der Waals surface area (Å²) >= 11 is 2.12. The Labute approximate surface area is 158 Å². The van der Waals surface area contributed by atoms with Crippen LogP contribution < -0.4 is 0 Å². The van der Waals surface area contributed by atoms with Gasteiger partial charge in [-0.2, -0.15) is 0 Å². The molecule has 0 radical (unpaired) electrons.